The van der Waals surface area contributed by atoms with Gasteiger partial charge in [0, 0.05) is 13.1 Å². The van der Waals surface area contributed by atoms with Crippen LogP contribution in [0, 0.1) is 11.3 Å². The maximum atomic E-state index is 3.60. The molecule has 1 aliphatic rings. The lowest BCUT2D eigenvalue weighted by molar-refractivity contribution is 0.366. The first-order valence-corrected chi connectivity index (χ1v) is 6.86. The van der Waals surface area contributed by atoms with Crippen LogP contribution in [0.3, 0.4) is 0 Å². The smallest absolute Gasteiger partial charge is 0.0213 e. The van der Waals surface area contributed by atoms with Gasteiger partial charge in [0.05, 0.1) is 0 Å². The molecule has 0 spiro atoms. The van der Waals surface area contributed by atoms with E-state index in [9.17, 15) is 0 Å². The van der Waals surface area contributed by atoms with E-state index in [0.29, 0.717) is 5.41 Å². The van der Waals surface area contributed by atoms with Crippen LogP contribution in [0.15, 0.2) is 16.8 Å². The minimum Gasteiger partial charge on any atom is -0.312 e. The van der Waals surface area contributed by atoms with E-state index < -0.39 is 0 Å². The molecule has 84 valence electrons. The monoisotopic (exact) mass is 223 g/mol. The molecule has 0 radical (unpaired) electrons. The van der Waals surface area contributed by atoms with E-state index in [4.69, 9.17) is 0 Å². The number of hydrogen-bond donors (Lipinski definition) is 1. The van der Waals surface area contributed by atoms with E-state index in [1.165, 1.54) is 31.4 Å². The topological polar surface area (TPSA) is 12.0 Å². The molecule has 1 heterocycles. The third-order valence-electron chi connectivity index (χ3n) is 3.21. The van der Waals surface area contributed by atoms with Gasteiger partial charge in [0.2, 0.25) is 0 Å². The molecule has 2 heteroatoms. The van der Waals surface area contributed by atoms with Gasteiger partial charge < -0.3 is 5.32 Å². The highest BCUT2D eigenvalue weighted by Crippen LogP contribution is 2.50. The first kappa shape index (κ1) is 11.2. The summed E-state index contributed by atoms with van der Waals surface area (Å²) < 4.78 is 0. The lowest BCUT2D eigenvalue weighted by atomic mass is 9.94. The van der Waals surface area contributed by atoms with Crippen LogP contribution in [0.5, 0.6) is 0 Å². The van der Waals surface area contributed by atoms with Crippen molar-refractivity contribution >= 4 is 11.3 Å². The van der Waals surface area contributed by atoms with Gasteiger partial charge in [0.25, 0.3) is 0 Å². The van der Waals surface area contributed by atoms with Crippen molar-refractivity contribution in [3.05, 3.63) is 22.4 Å². The van der Waals surface area contributed by atoms with E-state index in [1.54, 1.807) is 11.3 Å². The van der Waals surface area contributed by atoms with Gasteiger partial charge in [-0.2, -0.15) is 11.3 Å². The molecule has 1 aliphatic carbocycles. The molecule has 1 aromatic rings. The van der Waals surface area contributed by atoms with Crippen molar-refractivity contribution in [2.45, 2.75) is 39.7 Å². The van der Waals surface area contributed by atoms with Crippen molar-refractivity contribution in [3.8, 4) is 0 Å². The van der Waals surface area contributed by atoms with Crippen molar-refractivity contribution in [2.75, 3.05) is 6.54 Å². The Kier molecular flexibility index (Phi) is 3.47. The molecule has 1 fully saturated rings. The average Bonchev–Trinajstić information content (AvgIpc) is 2.74. The summed E-state index contributed by atoms with van der Waals surface area (Å²) in [4.78, 5) is 0. The quantitative estimate of drug-likeness (QED) is 0.776. The maximum absolute atomic E-state index is 3.60. The first-order chi connectivity index (χ1) is 7.20. The number of thiophene rings is 1. The van der Waals surface area contributed by atoms with Gasteiger partial charge in [0.1, 0.15) is 0 Å². The molecule has 1 saturated carbocycles. The van der Waals surface area contributed by atoms with Crippen molar-refractivity contribution < 1.29 is 0 Å². The fraction of sp³-hybridized carbons (Fsp3) is 0.692. The third kappa shape index (κ3) is 3.32. The Hall–Kier alpha value is -0.340. The second-order valence-electron chi connectivity index (χ2n) is 5.33. The lowest BCUT2D eigenvalue weighted by Crippen LogP contribution is -2.24. The van der Waals surface area contributed by atoms with Crippen molar-refractivity contribution in [1.82, 2.24) is 5.32 Å². The fourth-order valence-corrected chi connectivity index (χ4v) is 3.03. The molecular weight excluding hydrogens is 202 g/mol. The lowest BCUT2D eigenvalue weighted by Gasteiger charge is -2.17. The molecule has 15 heavy (non-hydrogen) atoms. The number of hydrogen-bond acceptors (Lipinski definition) is 2. The second-order valence-corrected chi connectivity index (χ2v) is 6.11. The molecule has 0 atom stereocenters. The molecule has 1 aromatic heterocycles. The van der Waals surface area contributed by atoms with E-state index in [-0.39, 0.29) is 0 Å². The number of nitrogens with one attached hydrogen (secondary N) is 1. The van der Waals surface area contributed by atoms with E-state index in [2.05, 4.69) is 36.0 Å². The zero-order valence-corrected chi connectivity index (χ0v) is 10.6. The summed E-state index contributed by atoms with van der Waals surface area (Å²) in [5.41, 5.74) is 2.09. The highest BCUT2D eigenvalue weighted by Gasteiger charge is 2.41. The molecule has 2 rings (SSSR count). The van der Waals surface area contributed by atoms with Crippen molar-refractivity contribution in [1.29, 1.82) is 0 Å². The van der Waals surface area contributed by atoms with Gasteiger partial charge in [0.15, 0.2) is 0 Å². The summed E-state index contributed by atoms with van der Waals surface area (Å²) in [6.07, 6.45) is 4.26. The summed E-state index contributed by atoms with van der Waals surface area (Å²) >= 11 is 1.78. The Bertz CT molecular complexity index is 285. The highest BCUT2D eigenvalue weighted by atomic mass is 32.1. The van der Waals surface area contributed by atoms with E-state index in [1.807, 2.05) is 0 Å². The van der Waals surface area contributed by atoms with Crippen LogP contribution < -0.4 is 5.32 Å². The predicted molar refractivity (Wildman–Crippen MR) is 67.1 cm³/mol. The third-order valence-corrected chi connectivity index (χ3v) is 3.94. The minimum absolute atomic E-state index is 0.657. The van der Waals surface area contributed by atoms with E-state index in [0.717, 1.165) is 12.5 Å². The van der Waals surface area contributed by atoms with Crippen molar-refractivity contribution in [2.24, 2.45) is 11.3 Å². The maximum Gasteiger partial charge on any atom is 0.0213 e. The first-order valence-electron chi connectivity index (χ1n) is 5.92. The Morgan fingerprint density at radius 3 is 2.80 bits per heavy atom. The molecule has 0 aromatic carbocycles. The minimum atomic E-state index is 0.657. The number of rotatable bonds is 6. The molecule has 0 saturated heterocycles. The van der Waals surface area contributed by atoms with Gasteiger partial charge in [-0.3, -0.25) is 0 Å². The molecule has 0 aliphatic heterocycles. The van der Waals surface area contributed by atoms with Crippen LogP contribution in [0.2, 0.25) is 0 Å². The van der Waals surface area contributed by atoms with E-state index >= 15 is 0 Å². The normalized spacial score (nSPS) is 18.3. The van der Waals surface area contributed by atoms with Gasteiger partial charge in [-0.05, 0) is 53.0 Å². The Morgan fingerprint density at radius 2 is 2.27 bits per heavy atom. The van der Waals surface area contributed by atoms with Gasteiger partial charge >= 0.3 is 0 Å². The van der Waals surface area contributed by atoms with Crippen molar-refractivity contribution in [3.63, 3.8) is 0 Å². The van der Waals surface area contributed by atoms with Gasteiger partial charge in [-0.25, -0.2) is 0 Å². The standard InChI is InChI=1S/C13H21NS/c1-11(2)7-13(4-5-13)10-14-8-12-3-6-15-9-12/h3,6,9,11,14H,4-5,7-8,10H2,1-2H3. The summed E-state index contributed by atoms with van der Waals surface area (Å²) in [6, 6.07) is 2.21. The molecule has 0 amide bonds. The Morgan fingerprint density at radius 1 is 1.47 bits per heavy atom. The van der Waals surface area contributed by atoms with Crippen LogP contribution in [-0.2, 0) is 6.54 Å². The summed E-state index contributed by atoms with van der Waals surface area (Å²) in [5, 5.41) is 7.98. The predicted octanol–water partition coefficient (Wildman–Crippen LogP) is 3.66. The summed E-state index contributed by atoms with van der Waals surface area (Å²) in [6.45, 7) is 6.92. The van der Waals surface area contributed by atoms with Gasteiger partial charge in [-0.15, -0.1) is 0 Å². The summed E-state index contributed by atoms with van der Waals surface area (Å²) in [5.74, 6) is 0.843. The highest BCUT2D eigenvalue weighted by molar-refractivity contribution is 7.07. The molecule has 1 nitrogen and oxygen atoms in total. The van der Waals surface area contributed by atoms with Gasteiger partial charge in [-0.1, -0.05) is 13.8 Å². The van der Waals surface area contributed by atoms with Crippen LogP contribution in [0.4, 0.5) is 0 Å². The second kappa shape index (κ2) is 4.67. The van der Waals surface area contributed by atoms with Crippen LogP contribution in [0.1, 0.15) is 38.7 Å². The molecule has 1 N–H and O–H groups in total. The Labute approximate surface area is 96.9 Å². The van der Waals surface area contributed by atoms with Crippen LogP contribution >= 0.6 is 11.3 Å². The SMILES string of the molecule is CC(C)CC1(CNCc2ccsc2)CC1. The zero-order chi connectivity index (χ0) is 10.7. The molecular formula is C13H21NS. The largest absolute Gasteiger partial charge is 0.312 e. The zero-order valence-electron chi connectivity index (χ0n) is 9.75. The summed E-state index contributed by atoms with van der Waals surface area (Å²) in [7, 11) is 0. The molecule has 0 bridgehead atoms. The molecule has 0 unspecified atom stereocenters. The average molecular weight is 223 g/mol. The Balaban J connectivity index is 1.70. The van der Waals surface area contributed by atoms with Crippen LogP contribution in [0.25, 0.3) is 0 Å². The van der Waals surface area contributed by atoms with Crippen LogP contribution in [-0.4, -0.2) is 6.54 Å². The fourth-order valence-electron chi connectivity index (χ4n) is 2.36.